The first-order valence-electron chi connectivity index (χ1n) is 11.7. The maximum Gasteiger partial charge on any atom is 0.373 e. The molecule has 0 N–H and O–H groups in total. The largest absolute Gasteiger partial charge is 0.373 e. The molecular formula is C30H26N2O2. The Kier molecular flexibility index (Phi) is 6.24. The maximum absolute atomic E-state index is 8.12. The molecule has 0 atom stereocenters. The predicted octanol–water partition coefficient (Wildman–Crippen LogP) is 7.19. The number of unbranched alkanes of at least 4 members (excludes halogenated alkanes) is 2. The molecule has 0 fully saturated rings. The molecule has 4 nitrogen and oxygen atoms in total. The van der Waals surface area contributed by atoms with E-state index in [0.717, 1.165) is 13.1 Å². The zero-order chi connectivity index (χ0) is 23.3. The van der Waals surface area contributed by atoms with Gasteiger partial charge in [-0.15, -0.1) is 0 Å². The van der Waals surface area contributed by atoms with Gasteiger partial charge in [-0.25, -0.2) is 0 Å². The number of rotatable bonds is 6. The molecule has 0 amide bonds. The van der Waals surface area contributed by atoms with Crippen LogP contribution in [-0.4, -0.2) is 15.3 Å². The average Bonchev–Trinajstić information content (AvgIpc) is 3.38. The zero-order valence-corrected chi connectivity index (χ0v) is 19.0. The number of nitrogens with zero attached hydrogens (tertiary/aromatic N) is 2. The van der Waals surface area contributed by atoms with Crippen LogP contribution in [0.2, 0.25) is 0 Å². The number of aryl methyl sites for hydroxylation is 2. The lowest BCUT2D eigenvalue weighted by Crippen LogP contribution is -2.00. The molecule has 0 saturated carbocycles. The molecular weight excluding hydrogens is 420 g/mol. The van der Waals surface area contributed by atoms with Crippen molar-refractivity contribution in [3.8, 4) is 0 Å². The highest BCUT2D eigenvalue weighted by Gasteiger charge is 2.10. The van der Waals surface area contributed by atoms with Crippen molar-refractivity contribution in [3.63, 3.8) is 0 Å². The Labute approximate surface area is 198 Å². The summed E-state index contributed by atoms with van der Waals surface area (Å²) in [6.07, 6.45) is 3.86. The van der Waals surface area contributed by atoms with Crippen molar-refractivity contribution in [2.75, 3.05) is 0 Å². The summed E-state index contributed by atoms with van der Waals surface area (Å²) >= 11 is 0. The standard InChI is InChI=1S/C29H26N2.CO2/c1(10-20-30-26-16-6-2-12-22(26)23-13-3-7-17-27(23)30)11-21-31-28-18-8-4-14-24(28)25-15-5-9-19-29(25)31;2-1-3/h2-9,12-19H,1,10-11,20-21H2;. The fourth-order valence-corrected chi connectivity index (χ4v) is 5.21. The van der Waals surface area contributed by atoms with E-state index in [4.69, 9.17) is 9.59 Å². The van der Waals surface area contributed by atoms with Crippen molar-refractivity contribution < 1.29 is 9.59 Å². The summed E-state index contributed by atoms with van der Waals surface area (Å²) in [6, 6.07) is 35.2. The second-order valence-corrected chi connectivity index (χ2v) is 8.52. The van der Waals surface area contributed by atoms with Gasteiger partial charge in [0, 0.05) is 56.7 Å². The fraction of sp³-hybridized carbons (Fsp3) is 0.167. The number of hydrogen-bond donors (Lipinski definition) is 0. The quantitative estimate of drug-likeness (QED) is 0.254. The third kappa shape index (κ3) is 3.89. The minimum absolute atomic E-state index is 0.250. The van der Waals surface area contributed by atoms with E-state index >= 15 is 0 Å². The lowest BCUT2D eigenvalue weighted by molar-refractivity contribution is -0.191. The predicted molar refractivity (Wildman–Crippen MR) is 138 cm³/mol. The van der Waals surface area contributed by atoms with Gasteiger partial charge in [-0.05, 0) is 43.5 Å². The molecule has 0 unspecified atom stereocenters. The van der Waals surface area contributed by atoms with Gasteiger partial charge in [0.1, 0.15) is 0 Å². The minimum atomic E-state index is 0.250. The van der Waals surface area contributed by atoms with E-state index in [-0.39, 0.29) is 6.15 Å². The first kappa shape index (κ1) is 21.7. The van der Waals surface area contributed by atoms with E-state index in [9.17, 15) is 0 Å². The van der Waals surface area contributed by atoms with Crippen molar-refractivity contribution in [2.24, 2.45) is 0 Å². The Hall–Kier alpha value is -4.14. The minimum Gasteiger partial charge on any atom is -0.340 e. The first-order valence-corrected chi connectivity index (χ1v) is 11.7. The van der Waals surface area contributed by atoms with Crippen LogP contribution >= 0.6 is 0 Å². The van der Waals surface area contributed by atoms with Crippen molar-refractivity contribution in [3.05, 3.63) is 97.1 Å². The molecule has 0 aliphatic heterocycles. The molecule has 0 saturated heterocycles. The van der Waals surface area contributed by atoms with E-state index in [1.807, 2.05) is 0 Å². The third-order valence-electron chi connectivity index (χ3n) is 6.62. The molecule has 168 valence electrons. The summed E-state index contributed by atoms with van der Waals surface area (Å²) in [5, 5.41) is 5.46. The zero-order valence-electron chi connectivity index (χ0n) is 19.0. The number of carbonyl (C=O) groups excluding carboxylic acids is 2. The van der Waals surface area contributed by atoms with Crippen LogP contribution in [0.25, 0.3) is 43.6 Å². The van der Waals surface area contributed by atoms with Gasteiger partial charge in [0.05, 0.1) is 0 Å². The van der Waals surface area contributed by atoms with Gasteiger partial charge < -0.3 is 9.13 Å². The average molecular weight is 447 g/mol. The Bertz CT molecular complexity index is 1400. The fourth-order valence-electron chi connectivity index (χ4n) is 5.21. The van der Waals surface area contributed by atoms with E-state index in [1.165, 1.54) is 62.9 Å². The summed E-state index contributed by atoms with van der Waals surface area (Å²) in [6.45, 7) is 2.14. The molecule has 4 heteroatoms. The summed E-state index contributed by atoms with van der Waals surface area (Å²) < 4.78 is 5.01. The number of para-hydroxylation sites is 4. The monoisotopic (exact) mass is 446 g/mol. The van der Waals surface area contributed by atoms with Crippen molar-refractivity contribution in [1.29, 1.82) is 0 Å². The normalized spacial score (nSPS) is 11.1. The van der Waals surface area contributed by atoms with E-state index in [0.29, 0.717) is 0 Å². The summed E-state index contributed by atoms with van der Waals surface area (Å²) in [7, 11) is 0. The maximum atomic E-state index is 8.12. The molecule has 6 aromatic rings. The van der Waals surface area contributed by atoms with Crippen LogP contribution in [0, 0.1) is 0 Å². The second kappa shape index (κ2) is 9.78. The van der Waals surface area contributed by atoms with Gasteiger partial charge in [0.15, 0.2) is 0 Å². The summed E-state index contributed by atoms with van der Waals surface area (Å²) in [5.41, 5.74) is 5.41. The molecule has 0 radical (unpaired) electrons. The lowest BCUT2D eigenvalue weighted by Gasteiger charge is -2.09. The Morgan fingerprint density at radius 3 is 1.00 bits per heavy atom. The molecule has 34 heavy (non-hydrogen) atoms. The third-order valence-corrected chi connectivity index (χ3v) is 6.62. The Morgan fingerprint density at radius 1 is 0.441 bits per heavy atom. The van der Waals surface area contributed by atoms with Gasteiger partial charge in [-0.2, -0.15) is 9.59 Å². The Morgan fingerprint density at radius 2 is 0.706 bits per heavy atom. The van der Waals surface area contributed by atoms with Crippen LogP contribution < -0.4 is 0 Å². The highest BCUT2D eigenvalue weighted by atomic mass is 16.2. The van der Waals surface area contributed by atoms with Gasteiger partial charge in [-0.1, -0.05) is 72.8 Å². The van der Waals surface area contributed by atoms with E-state index in [2.05, 4.69) is 106 Å². The van der Waals surface area contributed by atoms with Crippen molar-refractivity contribution in [2.45, 2.75) is 32.4 Å². The molecule has 2 heterocycles. The molecule has 6 rings (SSSR count). The Balaban J connectivity index is 0.000000764. The van der Waals surface area contributed by atoms with Crippen LogP contribution in [0.5, 0.6) is 0 Å². The van der Waals surface area contributed by atoms with Gasteiger partial charge >= 0.3 is 6.15 Å². The topological polar surface area (TPSA) is 44.0 Å². The molecule has 0 aliphatic rings. The second-order valence-electron chi connectivity index (χ2n) is 8.52. The van der Waals surface area contributed by atoms with Gasteiger partial charge in [0.25, 0.3) is 0 Å². The van der Waals surface area contributed by atoms with Crippen LogP contribution in [-0.2, 0) is 22.7 Å². The number of aromatic nitrogens is 2. The van der Waals surface area contributed by atoms with Crippen molar-refractivity contribution >= 4 is 49.8 Å². The van der Waals surface area contributed by atoms with Gasteiger partial charge in [-0.3, -0.25) is 0 Å². The van der Waals surface area contributed by atoms with E-state index < -0.39 is 0 Å². The SMILES string of the molecule is O=C=O.c1ccc2c(c1)c1ccccc1n2CCCCCn1c2ccccc2c2ccccc21. The van der Waals surface area contributed by atoms with Crippen LogP contribution in [0.15, 0.2) is 97.1 Å². The van der Waals surface area contributed by atoms with Crippen LogP contribution in [0.1, 0.15) is 19.3 Å². The van der Waals surface area contributed by atoms with E-state index in [1.54, 1.807) is 0 Å². The smallest absolute Gasteiger partial charge is 0.340 e. The first-order chi connectivity index (χ1) is 16.8. The number of hydrogen-bond acceptors (Lipinski definition) is 2. The molecule has 0 bridgehead atoms. The molecule has 0 spiro atoms. The van der Waals surface area contributed by atoms with Crippen LogP contribution in [0.4, 0.5) is 0 Å². The van der Waals surface area contributed by atoms with Crippen LogP contribution in [0.3, 0.4) is 0 Å². The lowest BCUT2D eigenvalue weighted by atomic mass is 10.2. The highest BCUT2D eigenvalue weighted by Crippen LogP contribution is 2.30. The molecule has 0 aliphatic carbocycles. The number of fused-ring (bicyclic) bond motifs is 6. The number of benzene rings is 4. The van der Waals surface area contributed by atoms with Crippen molar-refractivity contribution in [1.82, 2.24) is 9.13 Å². The summed E-state index contributed by atoms with van der Waals surface area (Å²) in [5.74, 6) is 0. The molecule has 4 aromatic carbocycles. The summed E-state index contributed by atoms with van der Waals surface area (Å²) in [4.78, 5) is 16.2. The molecule has 2 aromatic heterocycles. The highest BCUT2D eigenvalue weighted by molar-refractivity contribution is 6.08. The van der Waals surface area contributed by atoms with Gasteiger partial charge in [0.2, 0.25) is 0 Å².